The van der Waals surface area contributed by atoms with E-state index in [9.17, 15) is 13.6 Å². The second-order valence-corrected chi connectivity index (χ2v) is 4.55. The molecule has 0 fully saturated rings. The van der Waals surface area contributed by atoms with Crippen LogP contribution in [0, 0.1) is 0 Å². The van der Waals surface area contributed by atoms with Crippen LogP contribution in [0.2, 0.25) is 0 Å². The van der Waals surface area contributed by atoms with Crippen molar-refractivity contribution in [3.63, 3.8) is 0 Å². The first-order chi connectivity index (χ1) is 8.10. The summed E-state index contributed by atoms with van der Waals surface area (Å²) >= 11 is 6.25. The lowest BCUT2D eigenvalue weighted by Crippen LogP contribution is -2.12. The third kappa shape index (κ3) is 2.70. The zero-order valence-electron chi connectivity index (χ0n) is 8.41. The molecule has 0 aliphatic carbocycles. The first-order valence-electron chi connectivity index (χ1n) is 4.64. The molecule has 0 saturated heterocycles. The lowest BCUT2D eigenvalue weighted by atomic mass is 10.3. The van der Waals surface area contributed by atoms with Gasteiger partial charge in [0, 0.05) is 5.69 Å². The van der Waals surface area contributed by atoms with Crippen LogP contribution in [0.4, 0.5) is 14.5 Å². The van der Waals surface area contributed by atoms with Crippen LogP contribution in [0.3, 0.4) is 0 Å². The highest BCUT2D eigenvalue weighted by atomic mass is 35.5. The molecule has 1 aromatic carbocycles. The number of carbonyl (C=O) groups is 1. The second kappa shape index (κ2) is 4.93. The molecule has 3 nitrogen and oxygen atoms in total. The first-order valence-corrected chi connectivity index (χ1v) is 5.99. The van der Waals surface area contributed by atoms with Gasteiger partial charge < -0.3 is 5.32 Å². The van der Waals surface area contributed by atoms with Gasteiger partial charge in [-0.2, -0.15) is 0 Å². The fraction of sp³-hybridized carbons (Fsp3) is 0.200. The lowest BCUT2D eigenvalue weighted by Gasteiger charge is -2.01. The molecular weight excluding hydrogens is 270 g/mol. The van der Waals surface area contributed by atoms with E-state index in [0.29, 0.717) is 15.9 Å². The van der Waals surface area contributed by atoms with Crippen molar-refractivity contribution in [2.45, 2.75) is 6.43 Å². The molecule has 0 saturated carbocycles. The quantitative estimate of drug-likeness (QED) is 0.873. The van der Waals surface area contributed by atoms with Gasteiger partial charge in [0.05, 0.1) is 10.2 Å². The number of benzene rings is 1. The van der Waals surface area contributed by atoms with E-state index in [1.807, 2.05) is 0 Å². The van der Waals surface area contributed by atoms with Gasteiger partial charge in [0.15, 0.2) is 5.01 Å². The van der Waals surface area contributed by atoms with Gasteiger partial charge in [0.25, 0.3) is 6.43 Å². The summed E-state index contributed by atoms with van der Waals surface area (Å²) in [4.78, 5) is 14.8. The Balaban J connectivity index is 2.33. The fourth-order valence-corrected chi connectivity index (χ4v) is 2.24. The Bertz CT molecular complexity index is 558. The minimum absolute atomic E-state index is 0.150. The number of anilines is 1. The molecule has 0 unspecified atom stereocenters. The van der Waals surface area contributed by atoms with Gasteiger partial charge in [0.1, 0.15) is 5.88 Å². The number of carbonyl (C=O) groups excluding carboxylic acids is 1. The largest absolute Gasteiger partial charge is 0.325 e. The number of hydrogen-bond acceptors (Lipinski definition) is 3. The van der Waals surface area contributed by atoms with Crippen LogP contribution in [0.25, 0.3) is 10.2 Å². The van der Waals surface area contributed by atoms with Crippen molar-refractivity contribution in [1.29, 1.82) is 0 Å². The Morgan fingerprint density at radius 1 is 1.53 bits per heavy atom. The average Bonchev–Trinajstić information content (AvgIpc) is 2.72. The van der Waals surface area contributed by atoms with Crippen LogP contribution >= 0.6 is 22.9 Å². The summed E-state index contributed by atoms with van der Waals surface area (Å²) in [5, 5.41) is 2.32. The van der Waals surface area contributed by atoms with E-state index in [4.69, 9.17) is 11.6 Å². The minimum Gasteiger partial charge on any atom is -0.325 e. The number of thiazole rings is 1. The van der Waals surface area contributed by atoms with Crippen molar-refractivity contribution in [3.05, 3.63) is 23.2 Å². The number of halogens is 3. The van der Waals surface area contributed by atoms with Crippen molar-refractivity contribution >= 4 is 44.7 Å². The lowest BCUT2D eigenvalue weighted by molar-refractivity contribution is -0.113. The van der Waals surface area contributed by atoms with E-state index < -0.39 is 6.43 Å². The highest BCUT2D eigenvalue weighted by molar-refractivity contribution is 7.18. The van der Waals surface area contributed by atoms with Crippen LogP contribution in [-0.4, -0.2) is 16.8 Å². The Kier molecular flexibility index (Phi) is 3.54. The topological polar surface area (TPSA) is 42.0 Å². The highest BCUT2D eigenvalue weighted by Gasteiger charge is 2.13. The van der Waals surface area contributed by atoms with Crippen molar-refractivity contribution in [2.24, 2.45) is 0 Å². The zero-order valence-corrected chi connectivity index (χ0v) is 9.99. The predicted molar refractivity (Wildman–Crippen MR) is 63.9 cm³/mol. The number of rotatable bonds is 3. The molecule has 17 heavy (non-hydrogen) atoms. The molecule has 1 aromatic heterocycles. The molecular formula is C10H7ClF2N2OS. The fourth-order valence-electron chi connectivity index (χ4n) is 1.31. The van der Waals surface area contributed by atoms with Crippen LogP contribution in [0.5, 0.6) is 0 Å². The summed E-state index contributed by atoms with van der Waals surface area (Å²) in [5.41, 5.74) is 1.02. The van der Waals surface area contributed by atoms with E-state index >= 15 is 0 Å². The van der Waals surface area contributed by atoms with Gasteiger partial charge in [-0.3, -0.25) is 4.79 Å². The van der Waals surface area contributed by atoms with Crippen molar-refractivity contribution in [1.82, 2.24) is 4.98 Å². The molecule has 0 aliphatic rings. The molecule has 0 bridgehead atoms. The molecule has 0 radical (unpaired) electrons. The first kappa shape index (κ1) is 12.2. The minimum atomic E-state index is -2.58. The van der Waals surface area contributed by atoms with Crippen molar-refractivity contribution < 1.29 is 13.6 Å². The molecule has 0 spiro atoms. The molecule has 7 heteroatoms. The number of fused-ring (bicyclic) bond motifs is 1. The second-order valence-electron chi connectivity index (χ2n) is 3.22. The third-order valence-corrected chi connectivity index (χ3v) is 3.27. The van der Waals surface area contributed by atoms with Crippen LogP contribution in [0.15, 0.2) is 18.2 Å². The number of alkyl halides is 3. The zero-order chi connectivity index (χ0) is 12.4. The molecule has 90 valence electrons. The predicted octanol–water partition coefficient (Wildman–Crippen LogP) is 3.41. The van der Waals surface area contributed by atoms with Crippen LogP contribution in [0.1, 0.15) is 11.4 Å². The summed E-state index contributed by atoms with van der Waals surface area (Å²) in [5.74, 6) is -0.493. The van der Waals surface area contributed by atoms with Gasteiger partial charge in [-0.1, -0.05) is 0 Å². The summed E-state index contributed by atoms with van der Waals surface area (Å²) in [6.45, 7) is 0. The van der Waals surface area contributed by atoms with Gasteiger partial charge in [-0.05, 0) is 18.2 Å². The van der Waals surface area contributed by atoms with Crippen molar-refractivity contribution in [3.8, 4) is 0 Å². The molecule has 1 N–H and O–H groups in total. The normalized spacial score (nSPS) is 11.1. The van der Waals surface area contributed by atoms with Gasteiger partial charge in [-0.15, -0.1) is 22.9 Å². The summed E-state index contributed by atoms with van der Waals surface area (Å²) < 4.78 is 25.5. The number of amides is 1. The summed E-state index contributed by atoms with van der Waals surface area (Å²) in [7, 11) is 0. The molecule has 2 aromatic rings. The number of nitrogens with zero attached hydrogens (tertiary/aromatic N) is 1. The van der Waals surface area contributed by atoms with Crippen LogP contribution in [-0.2, 0) is 4.79 Å². The van der Waals surface area contributed by atoms with Gasteiger partial charge in [-0.25, -0.2) is 13.8 Å². The highest BCUT2D eigenvalue weighted by Crippen LogP contribution is 2.30. The Labute approximate surface area is 104 Å². The van der Waals surface area contributed by atoms with E-state index in [1.54, 1.807) is 18.2 Å². The molecule has 1 amide bonds. The maximum Gasteiger partial charge on any atom is 0.289 e. The Morgan fingerprint density at radius 2 is 2.29 bits per heavy atom. The maximum absolute atomic E-state index is 12.4. The Morgan fingerprint density at radius 3 is 2.94 bits per heavy atom. The standard InChI is InChI=1S/C10H7ClF2N2OS/c11-4-8(16)14-5-1-2-6-7(3-5)17-10(15-6)9(12)13/h1-3,9H,4H2,(H,14,16). The Hall–Kier alpha value is -1.27. The number of nitrogens with one attached hydrogen (secondary N) is 1. The smallest absolute Gasteiger partial charge is 0.289 e. The van der Waals surface area contributed by atoms with Crippen LogP contribution < -0.4 is 5.32 Å². The van der Waals surface area contributed by atoms with E-state index in [-0.39, 0.29) is 16.8 Å². The SMILES string of the molecule is O=C(CCl)Nc1ccc2nc(C(F)F)sc2c1. The number of hydrogen-bond donors (Lipinski definition) is 1. The van der Waals surface area contributed by atoms with E-state index in [2.05, 4.69) is 10.3 Å². The molecule has 1 heterocycles. The maximum atomic E-state index is 12.4. The molecule has 0 aliphatic heterocycles. The molecule has 0 atom stereocenters. The van der Waals surface area contributed by atoms with Crippen molar-refractivity contribution in [2.75, 3.05) is 11.2 Å². The monoisotopic (exact) mass is 276 g/mol. The van der Waals surface area contributed by atoms with Gasteiger partial charge >= 0.3 is 0 Å². The summed E-state index contributed by atoms with van der Waals surface area (Å²) in [6, 6.07) is 4.78. The van der Waals surface area contributed by atoms with E-state index in [1.165, 1.54) is 0 Å². The van der Waals surface area contributed by atoms with E-state index in [0.717, 1.165) is 11.3 Å². The average molecular weight is 277 g/mol. The third-order valence-electron chi connectivity index (χ3n) is 2.00. The number of aromatic nitrogens is 1. The summed E-state index contributed by atoms with van der Waals surface area (Å²) in [6.07, 6.45) is -2.58. The van der Waals surface area contributed by atoms with Gasteiger partial charge in [0.2, 0.25) is 5.91 Å². The molecule has 2 rings (SSSR count).